The highest BCUT2D eigenvalue weighted by Gasteiger charge is 2.52. The number of anilines is 2. The van der Waals surface area contributed by atoms with E-state index in [-0.39, 0.29) is 5.97 Å². The highest BCUT2D eigenvalue weighted by Crippen LogP contribution is 2.49. The summed E-state index contributed by atoms with van der Waals surface area (Å²) in [7, 11) is 0. The summed E-state index contributed by atoms with van der Waals surface area (Å²) in [6, 6.07) is 31.4. The quantitative estimate of drug-likeness (QED) is 0.194. The minimum Gasteiger partial charge on any atom is -0.465 e. The SMILES string of the molecule is CCOC(=O)C1(c2ccc(-c3ccc(-c4onc(C)c4Nc4cccc(Oc5ccccc5)n4)cc3)cc2)CC1. The fourth-order valence-corrected chi connectivity index (χ4v) is 4.79. The molecule has 1 saturated carbocycles. The van der Waals surface area contributed by atoms with E-state index >= 15 is 0 Å². The topological polar surface area (TPSA) is 86.5 Å². The van der Waals surface area contributed by atoms with Crippen LogP contribution in [0.2, 0.25) is 0 Å². The third-order valence-corrected chi connectivity index (χ3v) is 7.14. The zero-order valence-corrected chi connectivity index (χ0v) is 22.4. The van der Waals surface area contributed by atoms with E-state index in [0.717, 1.165) is 52.2 Å². The van der Waals surface area contributed by atoms with Crippen LogP contribution in [0, 0.1) is 6.92 Å². The maximum absolute atomic E-state index is 12.4. The van der Waals surface area contributed by atoms with Crippen LogP contribution < -0.4 is 10.1 Å². The second-order valence-corrected chi connectivity index (χ2v) is 9.83. The number of hydrogen-bond acceptors (Lipinski definition) is 7. The minimum absolute atomic E-state index is 0.121. The van der Waals surface area contributed by atoms with Gasteiger partial charge in [-0.05, 0) is 61.6 Å². The highest BCUT2D eigenvalue weighted by molar-refractivity contribution is 5.87. The van der Waals surface area contributed by atoms with Gasteiger partial charge in [0, 0.05) is 11.6 Å². The summed E-state index contributed by atoms with van der Waals surface area (Å²) in [5, 5.41) is 7.54. The number of nitrogens with one attached hydrogen (secondary N) is 1. The first-order valence-corrected chi connectivity index (χ1v) is 13.4. The monoisotopic (exact) mass is 531 g/mol. The van der Waals surface area contributed by atoms with Crippen LogP contribution in [0.4, 0.5) is 11.5 Å². The van der Waals surface area contributed by atoms with Crippen LogP contribution in [0.5, 0.6) is 11.6 Å². The Morgan fingerprint density at radius 2 is 1.55 bits per heavy atom. The smallest absolute Gasteiger partial charge is 0.316 e. The Kier molecular flexibility index (Phi) is 6.78. The number of pyridine rings is 1. The van der Waals surface area contributed by atoms with Gasteiger partial charge in [-0.15, -0.1) is 0 Å². The third-order valence-electron chi connectivity index (χ3n) is 7.14. The van der Waals surface area contributed by atoms with E-state index in [0.29, 0.717) is 24.1 Å². The van der Waals surface area contributed by atoms with Gasteiger partial charge in [0.25, 0.3) is 0 Å². The van der Waals surface area contributed by atoms with Gasteiger partial charge in [0.05, 0.1) is 12.0 Å². The molecule has 0 bridgehead atoms. The van der Waals surface area contributed by atoms with E-state index in [1.807, 2.05) is 86.6 Å². The number of ether oxygens (including phenoxy) is 2. The molecule has 0 aliphatic heterocycles. The van der Waals surface area contributed by atoms with Crippen LogP contribution >= 0.6 is 0 Å². The van der Waals surface area contributed by atoms with Crippen molar-refractivity contribution in [1.29, 1.82) is 0 Å². The molecule has 1 aliphatic rings. The Morgan fingerprint density at radius 3 is 2.23 bits per heavy atom. The van der Waals surface area contributed by atoms with Crippen molar-refractivity contribution in [3.63, 3.8) is 0 Å². The molecule has 2 aromatic heterocycles. The Labute approximate surface area is 232 Å². The molecule has 0 atom stereocenters. The van der Waals surface area contributed by atoms with E-state index in [1.165, 1.54) is 0 Å². The molecule has 7 heteroatoms. The molecule has 7 nitrogen and oxygen atoms in total. The second kappa shape index (κ2) is 10.7. The molecule has 3 aromatic carbocycles. The standard InChI is InChI=1S/C33H29N3O4/c1-3-38-32(37)33(20-21-33)26-18-16-24(17-19-26)23-12-14-25(15-13-23)31-30(22(2)36-40-31)35-28-10-7-11-29(34-28)39-27-8-5-4-6-9-27/h4-19H,3,20-21H2,1-2H3,(H,34,35). The lowest BCUT2D eigenvalue weighted by Gasteiger charge is -2.14. The summed E-state index contributed by atoms with van der Waals surface area (Å²) >= 11 is 0. The van der Waals surface area contributed by atoms with E-state index in [2.05, 4.69) is 39.7 Å². The number of rotatable bonds is 9. The van der Waals surface area contributed by atoms with Gasteiger partial charge in [0.1, 0.15) is 22.9 Å². The van der Waals surface area contributed by atoms with Crippen LogP contribution in [-0.2, 0) is 14.9 Å². The van der Waals surface area contributed by atoms with Crippen molar-refractivity contribution in [2.75, 3.05) is 11.9 Å². The third kappa shape index (κ3) is 5.06. The van der Waals surface area contributed by atoms with Crippen LogP contribution in [0.1, 0.15) is 31.0 Å². The van der Waals surface area contributed by atoms with Gasteiger partial charge in [-0.25, -0.2) is 0 Å². The largest absolute Gasteiger partial charge is 0.465 e. The molecule has 1 aliphatic carbocycles. The van der Waals surface area contributed by atoms with Crippen molar-refractivity contribution in [3.05, 3.63) is 108 Å². The Morgan fingerprint density at radius 1 is 0.875 bits per heavy atom. The number of benzene rings is 3. The first kappa shape index (κ1) is 25.4. The predicted molar refractivity (Wildman–Crippen MR) is 154 cm³/mol. The second-order valence-electron chi connectivity index (χ2n) is 9.83. The molecule has 0 saturated heterocycles. The Balaban J connectivity index is 1.19. The summed E-state index contributed by atoms with van der Waals surface area (Å²) in [5.41, 5.74) is 5.05. The van der Waals surface area contributed by atoms with Crippen molar-refractivity contribution in [2.45, 2.75) is 32.1 Å². The lowest BCUT2D eigenvalue weighted by molar-refractivity contribution is -0.146. The average Bonchev–Trinajstić information content (AvgIpc) is 3.73. The molecule has 5 aromatic rings. The number of para-hydroxylation sites is 1. The Hall–Kier alpha value is -4.91. The van der Waals surface area contributed by atoms with Gasteiger partial charge in [0.2, 0.25) is 5.88 Å². The normalized spacial score (nSPS) is 13.4. The summed E-state index contributed by atoms with van der Waals surface area (Å²) in [5.74, 6) is 2.33. The summed E-state index contributed by atoms with van der Waals surface area (Å²) in [6.45, 7) is 4.13. The molecule has 40 heavy (non-hydrogen) atoms. The lowest BCUT2D eigenvalue weighted by Crippen LogP contribution is -2.23. The molecule has 1 N–H and O–H groups in total. The minimum atomic E-state index is -0.464. The van der Waals surface area contributed by atoms with Crippen molar-refractivity contribution in [2.24, 2.45) is 0 Å². The van der Waals surface area contributed by atoms with E-state index in [4.69, 9.17) is 14.0 Å². The molecule has 0 amide bonds. The number of carbonyl (C=O) groups excluding carboxylic acids is 1. The molecule has 6 rings (SSSR count). The highest BCUT2D eigenvalue weighted by atomic mass is 16.5. The van der Waals surface area contributed by atoms with Crippen LogP contribution in [0.15, 0.2) is 102 Å². The molecule has 1 fully saturated rings. The Bertz CT molecular complexity index is 1620. The van der Waals surface area contributed by atoms with Gasteiger partial charge < -0.3 is 19.3 Å². The number of aromatic nitrogens is 2. The summed E-state index contributed by atoms with van der Waals surface area (Å²) < 4.78 is 16.9. The van der Waals surface area contributed by atoms with Crippen LogP contribution in [-0.4, -0.2) is 22.7 Å². The molecular formula is C33H29N3O4. The van der Waals surface area contributed by atoms with Gasteiger partial charge >= 0.3 is 5.97 Å². The maximum Gasteiger partial charge on any atom is 0.316 e. The number of hydrogen-bond donors (Lipinski definition) is 1. The van der Waals surface area contributed by atoms with Gasteiger partial charge in [-0.1, -0.05) is 78.0 Å². The van der Waals surface area contributed by atoms with Crippen molar-refractivity contribution < 1.29 is 18.8 Å². The fourth-order valence-electron chi connectivity index (χ4n) is 4.79. The number of aryl methyl sites for hydroxylation is 1. The zero-order valence-electron chi connectivity index (χ0n) is 22.4. The molecule has 200 valence electrons. The average molecular weight is 532 g/mol. The maximum atomic E-state index is 12.4. The van der Waals surface area contributed by atoms with Crippen LogP contribution in [0.25, 0.3) is 22.5 Å². The van der Waals surface area contributed by atoms with Gasteiger partial charge in [-0.2, -0.15) is 4.98 Å². The zero-order chi connectivity index (χ0) is 27.5. The van der Waals surface area contributed by atoms with E-state index in [1.54, 1.807) is 0 Å². The first-order valence-electron chi connectivity index (χ1n) is 13.4. The van der Waals surface area contributed by atoms with Crippen molar-refractivity contribution >= 4 is 17.5 Å². The lowest BCUT2D eigenvalue weighted by atomic mass is 9.93. The fraction of sp³-hybridized carbons (Fsp3) is 0.182. The molecule has 0 unspecified atom stereocenters. The van der Waals surface area contributed by atoms with Crippen LogP contribution in [0.3, 0.4) is 0 Å². The summed E-state index contributed by atoms with van der Waals surface area (Å²) in [4.78, 5) is 17.0. The molecule has 0 spiro atoms. The summed E-state index contributed by atoms with van der Waals surface area (Å²) in [6.07, 6.45) is 1.68. The van der Waals surface area contributed by atoms with Gasteiger partial charge in [0.15, 0.2) is 5.76 Å². The number of carbonyl (C=O) groups is 1. The molecular weight excluding hydrogens is 502 g/mol. The number of esters is 1. The van der Waals surface area contributed by atoms with E-state index < -0.39 is 5.41 Å². The van der Waals surface area contributed by atoms with Crippen molar-refractivity contribution in [1.82, 2.24) is 10.1 Å². The first-order chi connectivity index (χ1) is 19.6. The molecule has 2 heterocycles. The van der Waals surface area contributed by atoms with E-state index in [9.17, 15) is 4.79 Å². The van der Waals surface area contributed by atoms with Gasteiger partial charge in [-0.3, -0.25) is 4.79 Å². The molecule has 0 radical (unpaired) electrons. The number of nitrogens with zero attached hydrogens (tertiary/aromatic N) is 2. The predicted octanol–water partition coefficient (Wildman–Crippen LogP) is 7.84. The van der Waals surface area contributed by atoms with Crippen molar-refractivity contribution in [3.8, 4) is 34.1 Å².